The zero-order chi connectivity index (χ0) is 19.4. The van der Waals surface area contributed by atoms with E-state index in [-0.39, 0.29) is 23.9 Å². The number of amides is 1. The van der Waals surface area contributed by atoms with Crippen LogP contribution in [0.5, 0.6) is 5.75 Å². The summed E-state index contributed by atoms with van der Waals surface area (Å²) in [5.74, 6) is 0.803. The van der Waals surface area contributed by atoms with Gasteiger partial charge in [0, 0.05) is 9.26 Å². The van der Waals surface area contributed by atoms with Gasteiger partial charge in [0.05, 0.1) is 0 Å². The lowest BCUT2D eigenvalue weighted by Gasteiger charge is -2.08. The smallest absolute Gasteiger partial charge is 0.287 e. The van der Waals surface area contributed by atoms with Gasteiger partial charge in [0.1, 0.15) is 12.3 Å². The Kier molecular flexibility index (Phi) is 6.27. The first-order valence-electron chi connectivity index (χ1n) is 8.23. The van der Waals surface area contributed by atoms with Crippen LogP contribution in [-0.4, -0.2) is 15.7 Å². The van der Waals surface area contributed by atoms with Crippen molar-refractivity contribution < 1.29 is 13.9 Å². The van der Waals surface area contributed by atoms with Crippen LogP contribution in [0.25, 0.3) is 0 Å². The fourth-order valence-corrected chi connectivity index (χ4v) is 3.23. The summed E-state index contributed by atoms with van der Waals surface area (Å²) in [6.45, 7) is 4.06. The lowest BCUT2D eigenvalue weighted by atomic mass is 10.2. The molecule has 140 valence electrons. The standard InChI is InChI=1S/C19H18IN3O3S/c1-12-3-6-15(7-4-12)25-11-18-22-23(19(27)26-18)10-17(24)21-16-8-5-14(20)9-13(16)2/h3-9H,10-11H2,1-2H3,(H,21,24). The summed E-state index contributed by atoms with van der Waals surface area (Å²) in [5.41, 5.74) is 2.91. The van der Waals surface area contributed by atoms with Gasteiger partial charge in [-0.2, -0.15) is 0 Å². The van der Waals surface area contributed by atoms with Crippen LogP contribution in [0, 0.1) is 22.3 Å². The highest BCUT2D eigenvalue weighted by Crippen LogP contribution is 2.18. The number of carbonyl (C=O) groups is 1. The van der Waals surface area contributed by atoms with Gasteiger partial charge in [-0.05, 0) is 84.6 Å². The largest absolute Gasteiger partial charge is 0.484 e. The molecule has 0 fully saturated rings. The first-order valence-corrected chi connectivity index (χ1v) is 9.72. The lowest BCUT2D eigenvalue weighted by Crippen LogP contribution is -2.20. The fourth-order valence-electron chi connectivity index (χ4n) is 2.38. The Morgan fingerprint density at radius 2 is 2.00 bits per heavy atom. The minimum absolute atomic E-state index is 0.0295. The van der Waals surface area contributed by atoms with Gasteiger partial charge in [0.2, 0.25) is 5.91 Å². The Morgan fingerprint density at radius 3 is 2.70 bits per heavy atom. The number of aryl methyl sites for hydroxylation is 2. The Labute approximate surface area is 175 Å². The number of hydrogen-bond acceptors (Lipinski definition) is 5. The number of hydrogen-bond donors (Lipinski definition) is 1. The molecule has 0 bridgehead atoms. The third kappa shape index (κ3) is 5.39. The summed E-state index contributed by atoms with van der Waals surface area (Å²) in [6.07, 6.45) is 0. The van der Waals surface area contributed by atoms with Crippen molar-refractivity contribution in [2.24, 2.45) is 0 Å². The maximum Gasteiger partial charge on any atom is 0.287 e. The molecule has 0 saturated heterocycles. The Morgan fingerprint density at radius 1 is 1.26 bits per heavy atom. The molecule has 0 aliphatic heterocycles. The van der Waals surface area contributed by atoms with E-state index in [4.69, 9.17) is 21.4 Å². The van der Waals surface area contributed by atoms with E-state index in [9.17, 15) is 4.79 Å². The summed E-state index contributed by atoms with van der Waals surface area (Å²) in [4.78, 5) is 12.4. The van der Waals surface area contributed by atoms with Gasteiger partial charge in [-0.25, -0.2) is 4.68 Å². The minimum Gasteiger partial charge on any atom is -0.484 e. The average Bonchev–Trinajstić information content (AvgIpc) is 2.96. The van der Waals surface area contributed by atoms with Gasteiger partial charge < -0.3 is 14.5 Å². The van der Waals surface area contributed by atoms with Gasteiger partial charge in [-0.1, -0.05) is 17.7 Å². The van der Waals surface area contributed by atoms with Crippen LogP contribution in [0.2, 0.25) is 0 Å². The number of benzene rings is 2. The van der Waals surface area contributed by atoms with Crippen molar-refractivity contribution in [1.82, 2.24) is 9.78 Å². The minimum atomic E-state index is -0.227. The quantitative estimate of drug-likeness (QED) is 0.399. The van der Waals surface area contributed by atoms with Crippen molar-refractivity contribution >= 4 is 46.4 Å². The second-order valence-electron chi connectivity index (χ2n) is 6.03. The normalized spacial score (nSPS) is 10.6. The number of ether oxygens (including phenoxy) is 1. The van der Waals surface area contributed by atoms with Crippen LogP contribution in [0.3, 0.4) is 0 Å². The first kappa shape index (κ1) is 19.6. The second kappa shape index (κ2) is 8.66. The molecule has 0 unspecified atom stereocenters. The van der Waals surface area contributed by atoms with Crippen LogP contribution in [0.15, 0.2) is 46.9 Å². The van der Waals surface area contributed by atoms with Gasteiger partial charge >= 0.3 is 0 Å². The van der Waals surface area contributed by atoms with Crippen molar-refractivity contribution in [3.63, 3.8) is 0 Å². The van der Waals surface area contributed by atoms with E-state index in [0.717, 1.165) is 20.4 Å². The average molecular weight is 495 g/mol. The number of aromatic nitrogens is 2. The Hall–Kier alpha value is -2.20. The number of nitrogens with one attached hydrogen (secondary N) is 1. The number of carbonyl (C=O) groups excluding carboxylic acids is 1. The molecule has 1 heterocycles. The predicted molar refractivity (Wildman–Crippen MR) is 113 cm³/mol. The van der Waals surface area contributed by atoms with E-state index in [1.54, 1.807) is 0 Å². The molecule has 6 nitrogen and oxygen atoms in total. The van der Waals surface area contributed by atoms with Crippen molar-refractivity contribution in [2.45, 2.75) is 27.0 Å². The first-order chi connectivity index (χ1) is 12.9. The van der Waals surface area contributed by atoms with E-state index >= 15 is 0 Å². The number of rotatable bonds is 6. The molecule has 3 rings (SSSR count). The molecule has 1 N–H and O–H groups in total. The summed E-state index contributed by atoms with van der Waals surface area (Å²) in [6, 6.07) is 13.5. The molecule has 8 heteroatoms. The Bertz CT molecular complexity index is 1010. The van der Waals surface area contributed by atoms with Crippen molar-refractivity contribution in [3.8, 4) is 5.75 Å². The number of halogens is 1. The third-order valence-corrected chi connectivity index (χ3v) is 4.75. The molecule has 0 radical (unpaired) electrons. The van der Waals surface area contributed by atoms with Gasteiger partial charge in [0.25, 0.3) is 10.7 Å². The number of anilines is 1. The monoisotopic (exact) mass is 495 g/mol. The van der Waals surface area contributed by atoms with Crippen LogP contribution in [0.1, 0.15) is 17.0 Å². The summed E-state index contributed by atoms with van der Waals surface area (Å²) < 4.78 is 13.5. The molecular formula is C19H18IN3O3S. The van der Waals surface area contributed by atoms with Crippen LogP contribution >= 0.6 is 34.8 Å². The molecule has 1 amide bonds. The summed E-state index contributed by atoms with van der Waals surface area (Å²) in [5, 5.41) is 7.08. The molecule has 0 aliphatic carbocycles. The van der Waals surface area contributed by atoms with E-state index in [2.05, 4.69) is 33.0 Å². The van der Waals surface area contributed by atoms with Crippen LogP contribution < -0.4 is 10.1 Å². The summed E-state index contributed by atoms with van der Waals surface area (Å²) in [7, 11) is 0. The SMILES string of the molecule is Cc1ccc(OCc2nn(CC(=O)Nc3ccc(I)cc3C)c(=S)o2)cc1. The molecule has 0 atom stereocenters. The highest BCUT2D eigenvalue weighted by atomic mass is 127. The van der Waals surface area contributed by atoms with Crippen molar-refractivity contribution in [1.29, 1.82) is 0 Å². The topological polar surface area (TPSA) is 69.3 Å². The molecule has 0 aliphatic rings. The second-order valence-corrected chi connectivity index (χ2v) is 7.62. The molecule has 0 saturated carbocycles. The van der Waals surface area contributed by atoms with Gasteiger partial charge in [0.15, 0.2) is 6.61 Å². The van der Waals surface area contributed by atoms with Gasteiger partial charge in [-0.3, -0.25) is 4.79 Å². The highest BCUT2D eigenvalue weighted by Gasteiger charge is 2.11. The van der Waals surface area contributed by atoms with E-state index in [1.807, 2.05) is 56.3 Å². The molecule has 2 aromatic carbocycles. The van der Waals surface area contributed by atoms with Gasteiger partial charge in [-0.15, -0.1) is 5.10 Å². The predicted octanol–water partition coefficient (Wildman–Crippen LogP) is 4.64. The maximum absolute atomic E-state index is 12.3. The zero-order valence-corrected chi connectivity index (χ0v) is 17.8. The van der Waals surface area contributed by atoms with Crippen molar-refractivity contribution in [2.75, 3.05) is 5.32 Å². The van der Waals surface area contributed by atoms with Crippen LogP contribution in [-0.2, 0) is 17.9 Å². The molecular weight excluding hydrogens is 477 g/mol. The molecule has 1 aromatic heterocycles. The zero-order valence-electron chi connectivity index (χ0n) is 14.9. The summed E-state index contributed by atoms with van der Waals surface area (Å²) >= 11 is 7.37. The van der Waals surface area contributed by atoms with E-state index in [1.165, 1.54) is 4.68 Å². The van der Waals surface area contributed by atoms with Crippen molar-refractivity contribution in [3.05, 3.63) is 67.9 Å². The lowest BCUT2D eigenvalue weighted by molar-refractivity contribution is -0.117. The molecule has 3 aromatic rings. The highest BCUT2D eigenvalue weighted by molar-refractivity contribution is 14.1. The maximum atomic E-state index is 12.3. The molecule has 0 spiro atoms. The van der Waals surface area contributed by atoms with E-state index < -0.39 is 0 Å². The van der Waals surface area contributed by atoms with Crippen LogP contribution in [0.4, 0.5) is 5.69 Å². The van der Waals surface area contributed by atoms with E-state index in [0.29, 0.717) is 11.6 Å². The molecule has 27 heavy (non-hydrogen) atoms. The fraction of sp³-hybridized carbons (Fsp3) is 0.211. The number of nitrogens with zero attached hydrogens (tertiary/aromatic N) is 2. The third-order valence-electron chi connectivity index (χ3n) is 3.79. The Balaban J connectivity index is 1.61.